The molecule has 2 atom stereocenters. The molecule has 0 heterocycles. The van der Waals surface area contributed by atoms with Crippen LogP contribution in [0.4, 0.5) is 0 Å². The van der Waals surface area contributed by atoms with Crippen molar-refractivity contribution in [3.05, 3.63) is 12.2 Å². The van der Waals surface area contributed by atoms with Crippen LogP contribution in [-0.4, -0.2) is 47.4 Å². The van der Waals surface area contributed by atoms with Gasteiger partial charge in [0, 0.05) is 12.8 Å². The van der Waals surface area contributed by atoms with Crippen LogP contribution in [0.5, 0.6) is 0 Å². The molecule has 0 saturated carbocycles. The number of aliphatic hydroxyl groups is 2. The van der Waals surface area contributed by atoms with Crippen molar-refractivity contribution >= 4 is 11.9 Å². The summed E-state index contributed by atoms with van der Waals surface area (Å²) >= 11 is 0. The van der Waals surface area contributed by atoms with Crippen LogP contribution in [0.3, 0.4) is 0 Å². The number of hydrogen-bond acceptors (Lipinski definition) is 5. The van der Waals surface area contributed by atoms with Gasteiger partial charge in [-0.1, -0.05) is 238 Å². The minimum atomic E-state index is -0.665. The number of ether oxygens (including phenoxy) is 1. The first-order chi connectivity index (χ1) is 29.0. The van der Waals surface area contributed by atoms with Gasteiger partial charge in [-0.2, -0.15) is 0 Å². The second kappa shape index (κ2) is 49.3. The summed E-state index contributed by atoms with van der Waals surface area (Å²) in [6, 6.07) is -0.542. The molecule has 0 fully saturated rings. The zero-order valence-corrected chi connectivity index (χ0v) is 39.7. The maximum atomic E-state index is 12.4. The van der Waals surface area contributed by atoms with Crippen molar-refractivity contribution in [1.29, 1.82) is 0 Å². The molecular weight excluding hydrogens is 731 g/mol. The fourth-order valence-electron chi connectivity index (χ4n) is 8.22. The van der Waals surface area contributed by atoms with E-state index in [1.54, 1.807) is 0 Å². The molecule has 0 aromatic heterocycles. The summed E-state index contributed by atoms with van der Waals surface area (Å²) in [5.74, 6) is -0.0445. The fraction of sp³-hybridized carbons (Fsp3) is 0.925. The molecule has 350 valence electrons. The third-order valence-electron chi connectivity index (χ3n) is 12.3. The molecule has 6 heteroatoms. The van der Waals surface area contributed by atoms with E-state index in [1.807, 2.05) is 0 Å². The third-order valence-corrected chi connectivity index (χ3v) is 12.3. The van der Waals surface area contributed by atoms with Crippen LogP contribution >= 0.6 is 0 Å². The second-order valence-electron chi connectivity index (χ2n) is 18.2. The van der Waals surface area contributed by atoms with E-state index in [0.717, 1.165) is 44.9 Å². The Kier molecular flexibility index (Phi) is 48.1. The lowest BCUT2D eigenvalue weighted by Gasteiger charge is -2.22. The van der Waals surface area contributed by atoms with Gasteiger partial charge in [-0.3, -0.25) is 9.59 Å². The Balaban J connectivity index is 3.38. The summed E-state index contributed by atoms with van der Waals surface area (Å²) in [6.07, 6.45) is 56.2. The average molecular weight is 834 g/mol. The molecule has 3 N–H and O–H groups in total. The zero-order valence-electron chi connectivity index (χ0n) is 39.7. The Morgan fingerprint density at radius 2 is 0.797 bits per heavy atom. The summed E-state index contributed by atoms with van der Waals surface area (Å²) in [5, 5.41) is 23.1. The van der Waals surface area contributed by atoms with Gasteiger partial charge in [0.1, 0.15) is 0 Å². The van der Waals surface area contributed by atoms with Crippen LogP contribution in [0, 0.1) is 0 Å². The molecule has 0 aliphatic rings. The van der Waals surface area contributed by atoms with Crippen molar-refractivity contribution in [2.24, 2.45) is 0 Å². The highest BCUT2D eigenvalue weighted by Crippen LogP contribution is 2.16. The summed E-state index contributed by atoms with van der Waals surface area (Å²) in [7, 11) is 0. The van der Waals surface area contributed by atoms with Gasteiger partial charge in [-0.25, -0.2) is 0 Å². The molecule has 6 nitrogen and oxygen atoms in total. The maximum absolute atomic E-state index is 12.4. The highest BCUT2D eigenvalue weighted by Gasteiger charge is 2.20. The van der Waals surface area contributed by atoms with E-state index in [1.165, 1.54) is 212 Å². The number of nitrogens with one attached hydrogen (secondary N) is 1. The van der Waals surface area contributed by atoms with Crippen molar-refractivity contribution in [3.8, 4) is 0 Å². The number of carbonyl (C=O) groups excluding carboxylic acids is 2. The number of amides is 1. The van der Waals surface area contributed by atoms with Crippen molar-refractivity contribution in [1.82, 2.24) is 5.32 Å². The molecule has 0 rings (SSSR count). The highest BCUT2D eigenvalue weighted by atomic mass is 16.5. The van der Waals surface area contributed by atoms with Crippen LogP contribution in [-0.2, 0) is 14.3 Å². The third kappa shape index (κ3) is 45.9. The largest absolute Gasteiger partial charge is 0.466 e. The quantitative estimate of drug-likeness (QED) is 0.0322. The number of allylic oxidation sites excluding steroid dienone is 2. The number of aliphatic hydroxyl groups excluding tert-OH is 2. The topological polar surface area (TPSA) is 95.9 Å². The van der Waals surface area contributed by atoms with E-state index < -0.39 is 12.1 Å². The van der Waals surface area contributed by atoms with Gasteiger partial charge in [0.2, 0.25) is 5.91 Å². The Morgan fingerprint density at radius 3 is 1.20 bits per heavy atom. The molecule has 0 aromatic rings. The Labute approximate surface area is 368 Å². The minimum absolute atomic E-state index is 0.00206. The summed E-state index contributed by atoms with van der Waals surface area (Å²) in [6.45, 7) is 4.92. The van der Waals surface area contributed by atoms with Crippen LogP contribution in [0.1, 0.15) is 290 Å². The van der Waals surface area contributed by atoms with Gasteiger partial charge < -0.3 is 20.3 Å². The van der Waals surface area contributed by atoms with Gasteiger partial charge in [0.15, 0.2) is 0 Å². The van der Waals surface area contributed by atoms with Gasteiger partial charge in [-0.15, -0.1) is 0 Å². The monoisotopic (exact) mass is 834 g/mol. The molecule has 59 heavy (non-hydrogen) atoms. The highest BCUT2D eigenvalue weighted by molar-refractivity contribution is 5.76. The van der Waals surface area contributed by atoms with E-state index in [0.29, 0.717) is 25.9 Å². The Morgan fingerprint density at radius 1 is 0.458 bits per heavy atom. The zero-order chi connectivity index (χ0) is 43.0. The second-order valence-corrected chi connectivity index (χ2v) is 18.2. The number of carbonyl (C=O) groups is 2. The molecule has 0 saturated heterocycles. The lowest BCUT2D eigenvalue weighted by atomic mass is 10.0. The number of esters is 1. The molecule has 0 aromatic carbocycles. The Hall–Kier alpha value is -1.40. The molecule has 1 amide bonds. The first-order valence-corrected chi connectivity index (χ1v) is 26.4. The Bertz CT molecular complexity index is 878. The van der Waals surface area contributed by atoms with Crippen molar-refractivity contribution < 1.29 is 24.5 Å². The van der Waals surface area contributed by atoms with Gasteiger partial charge in [-0.05, 0) is 51.4 Å². The summed E-state index contributed by atoms with van der Waals surface area (Å²) in [4.78, 5) is 24.4. The van der Waals surface area contributed by atoms with Crippen LogP contribution in [0.2, 0.25) is 0 Å². The van der Waals surface area contributed by atoms with E-state index in [-0.39, 0.29) is 18.5 Å². The first-order valence-electron chi connectivity index (χ1n) is 26.4. The lowest BCUT2D eigenvalue weighted by molar-refractivity contribution is -0.143. The van der Waals surface area contributed by atoms with Gasteiger partial charge >= 0.3 is 5.97 Å². The molecule has 0 spiro atoms. The SMILES string of the molecule is CCCCCCCCC/C=C\CCCCCCCC(=O)OCCCCCCCCCCCCCCCCCCCC(=O)NC(CO)C(O)CCCCCCCCCCC. The normalized spacial score (nSPS) is 12.7. The smallest absolute Gasteiger partial charge is 0.305 e. The van der Waals surface area contributed by atoms with Crippen LogP contribution < -0.4 is 5.32 Å². The van der Waals surface area contributed by atoms with Crippen LogP contribution in [0.15, 0.2) is 12.2 Å². The number of rotatable bonds is 49. The van der Waals surface area contributed by atoms with Crippen molar-refractivity contribution in [2.45, 2.75) is 302 Å². The fourth-order valence-corrected chi connectivity index (χ4v) is 8.22. The average Bonchev–Trinajstić information content (AvgIpc) is 3.24. The molecule has 0 bridgehead atoms. The number of unbranched alkanes of at least 4 members (excludes halogenated alkanes) is 36. The van der Waals surface area contributed by atoms with Crippen LogP contribution in [0.25, 0.3) is 0 Å². The predicted octanol–water partition coefficient (Wildman–Crippen LogP) is 15.7. The summed E-state index contributed by atoms with van der Waals surface area (Å²) in [5.41, 5.74) is 0. The van der Waals surface area contributed by atoms with Gasteiger partial charge in [0.05, 0.1) is 25.4 Å². The lowest BCUT2D eigenvalue weighted by Crippen LogP contribution is -2.45. The molecule has 0 aliphatic heterocycles. The molecular formula is C53H103NO5. The van der Waals surface area contributed by atoms with E-state index in [2.05, 4.69) is 31.3 Å². The summed E-state index contributed by atoms with van der Waals surface area (Å²) < 4.78 is 5.47. The predicted molar refractivity (Wildman–Crippen MR) is 255 cm³/mol. The van der Waals surface area contributed by atoms with E-state index >= 15 is 0 Å². The first kappa shape index (κ1) is 57.6. The van der Waals surface area contributed by atoms with Gasteiger partial charge in [0.25, 0.3) is 0 Å². The van der Waals surface area contributed by atoms with E-state index in [9.17, 15) is 19.8 Å². The standard InChI is InChI=1S/C53H103NO5/c1-3-5-7-9-11-13-14-15-16-21-24-27-31-35-39-43-47-53(58)59-48-44-40-36-32-28-25-22-19-17-18-20-23-26-30-34-38-42-46-52(57)54-50(49-55)51(56)45-41-37-33-29-12-10-8-6-4-2/h16,21,50-51,55-56H,3-15,17-20,22-49H2,1-2H3,(H,54,57)/b21-16-. The van der Waals surface area contributed by atoms with Crippen molar-refractivity contribution in [2.75, 3.05) is 13.2 Å². The molecule has 2 unspecified atom stereocenters. The number of hydrogen-bond donors (Lipinski definition) is 3. The van der Waals surface area contributed by atoms with Crippen molar-refractivity contribution in [3.63, 3.8) is 0 Å². The molecule has 0 aliphatic carbocycles. The molecule has 0 radical (unpaired) electrons. The van der Waals surface area contributed by atoms with E-state index in [4.69, 9.17) is 4.74 Å². The minimum Gasteiger partial charge on any atom is -0.466 e. The maximum Gasteiger partial charge on any atom is 0.305 e.